The van der Waals surface area contributed by atoms with Crippen LogP contribution in [0.1, 0.15) is 36.0 Å². The Morgan fingerprint density at radius 2 is 1.85 bits per heavy atom. The van der Waals surface area contributed by atoms with Crippen LogP contribution in [0.3, 0.4) is 0 Å². The third-order valence-corrected chi connectivity index (χ3v) is 3.90. The topological polar surface area (TPSA) is 72.2 Å². The Morgan fingerprint density at radius 1 is 1.15 bits per heavy atom. The quantitative estimate of drug-likeness (QED) is 0.897. The Balaban J connectivity index is 2.16. The minimum Gasteiger partial charge on any atom is -0.366 e. The second-order valence-electron chi connectivity index (χ2n) is 4.60. The predicted molar refractivity (Wildman–Crippen MR) is 79.9 cm³/mol. The molecule has 20 heavy (non-hydrogen) atoms. The molecule has 0 fully saturated rings. The van der Waals surface area contributed by atoms with Crippen molar-refractivity contribution in [1.82, 2.24) is 0 Å². The number of carbonyl (C=O) groups is 2. The van der Waals surface area contributed by atoms with Gasteiger partial charge in [-0.1, -0.05) is 23.2 Å². The van der Waals surface area contributed by atoms with Crippen LogP contribution in [0.25, 0.3) is 0 Å². The Labute approximate surface area is 126 Å². The zero-order chi connectivity index (χ0) is 14.7. The van der Waals surface area contributed by atoms with Crippen LogP contribution in [0.5, 0.6) is 0 Å². The van der Waals surface area contributed by atoms with Crippen molar-refractivity contribution in [2.45, 2.75) is 25.7 Å². The van der Waals surface area contributed by atoms with Gasteiger partial charge in [0.25, 0.3) is 5.91 Å². The average molecular weight is 313 g/mol. The molecule has 2 rings (SSSR count). The van der Waals surface area contributed by atoms with Gasteiger partial charge in [0.2, 0.25) is 5.91 Å². The molecule has 1 aliphatic rings. The van der Waals surface area contributed by atoms with Crippen LogP contribution in [0.4, 0.5) is 5.69 Å². The van der Waals surface area contributed by atoms with E-state index in [9.17, 15) is 9.59 Å². The zero-order valence-electron chi connectivity index (χ0n) is 10.7. The van der Waals surface area contributed by atoms with Gasteiger partial charge in [0.05, 0.1) is 10.6 Å². The smallest absolute Gasteiger partial charge is 0.252 e. The number of nitrogens with two attached hydrogens (primary N) is 1. The lowest BCUT2D eigenvalue weighted by atomic mass is 9.98. The number of benzene rings is 1. The largest absolute Gasteiger partial charge is 0.366 e. The summed E-state index contributed by atoms with van der Waals surface area (Å²) in [5.74, 6) is -0.830. The maximum absolute atomic E-state index is 12.1. The SMILES string of the molecule is NC(=O)c1ccc(NC(=O)C2=C(Cl)CCCC2)cc1Cl. The molecule has 0 heterocycles. The molecule has 0 aromatic heterocycles. The van der Waals surface area contributed by atoms with E-state index in [1.54, 1.807) is 6.07 Å². The Bertz CT molecular complexity index is 597. The van der Waals surface area contributed by atoms with Crippen LogP contribution in [0, 0.1) is 0 Å². The van der Waals surface area contributed by atoms with Gasteiger partial charge in [-0.25, -0.2) is 0 Å². The van der Waals surface area contributed by atoms with E-state index in [1.165, 1.54) is 12.1 Å². The summed E-state index contributed by atoms with van der Waals surface area (Å²) in [6.45, 7) is 0. The highest BCUT2D eigenvalue weighted by atomic mass is 35.5. The summed E-state index contributed by atoms with van der Waals surface area (Å²) >= 11 is 12.0. The van der Waals surface area contributed by atoms with E-state index in [0.29, 0.717) is 22.7 Å². The monoisotopic (exact) mass is 312 g/mol. The highest BCUT2D eigenvalue weighted by Gasteiger charge is 2.18. The number of allylic oxidation sites excluding steroid dienone is 1. The van der Waals surface area contributed by atoms with E-state index >= 15 is 0 Å². The van der Waals surface area contributed by atoms with Crippen molar-refractivity contribution >= 4 is 40.7 Å². The zero-order valence-corrected chi connectivity index (χ0v) is 12.2. The van der Waals surface area contributed by atoms with E-state index in [4.69, 9.17) is 28.9 Å². The van der Waals surface area contributed by atoms with Gasteiger partial charge in [-0.15, -0.1) is 0 Å². The van der Waals surface area contributed by atoms with Gasteiger partial charge >= 0.3 is 0 Å². The van der Waals surface area contributed by atoms with Crippen LogP contribution in [0.15, 0.2) is 28.8 Å². The van der Waals surface area contributed by atoms with Crippen molar-refractivity contribution < 1.29 is 9.59 Å². The molecular weight excluding hydrogens is 299 g/mol. The number of halogens is 2. The lowest BCUT2D eigenvalue weighted by Crippen LogP contribution is -2.17. The Morgan fingerprint density at radius 3 is 2.45 bits per heavy atom. The minimum atomic E-state index is -0.606. The molecule has 0 atom stereocenters. The molecule has 2 amide bonds. The van der Waals surface area contributed by atoms with Crippen molar-refractivity contribution in [3.05, 3.63) is 39.4 Å². The van der Waals surface area contributed by atoms with Crippen LogP contribution in [-0.4, -0.2) is 11.8 Å². The number of primary amides is 1. The fourth-order valence-electron chi connectivity index (χ4n) is 2.10. The van der Waals surface area contributed by atoms with Crippen LogP contribution >= 0.6 is 23.2 Å². The molecule has 0 spiro atoms. The third kappa shape index (κ3) is 3.32. The van der Waals surface area contributed by atoms with E-state index in [0.717, 1.165) is 19.3 Å². The molecule has 1 aromatic carbocycles. The molecule has 0 bridgehead atoms. The first kappa shape index (κ1) is 14.9. The highest BCUT2D eigenvalue weighted by molar-refractivity contribution is 6.34. The predicted octanol–water partition coefficient (Wildman–Crippen LogP) is 3.44. The lowest BCUT2D eigenvalue weighted by Gasteiger charge is -2.16. The molecule has 1 aliphatic carbocycles. The number of hydrogen-bond donors (Lipinski definition) is 2. The van der Waals surface area contributed by atoms with E-state index in [1.807, 2.05) is 0 Å². The van der Waals surface area contributed by atoms with Gasteiger partial charge < -0.3 is 11.1 Å². The fourth-order valence-corrected chi connectivity index (χ4v) is 2.69. The van der Waals surface area contributed by atoms with Gasteiger partial charge in [0.15, 0.2) is 0 Å². The first-order valence-corrected chi connectivity index (χ1v) is 7.03. The van der Waals surface area contributed by atoms with Gasteiger partial charge in [0.1, 0.15) is 0 Å². The van der Waals surface area contributed by atoms with Gasteiger partial charge in [0, 0.05) is 16.3 Å². The fraction of sp³-hybridized carbons (Fsp3) is 0.286. The summed E-state index contributed by atoms with van der Waals surface area (Å²) in [6, 6.07) is 4.56. The molecule has 0 unspecified atom stereocenters. The molecule has 6 heteroatoms. The number of rotatable bonds is 3. The molecule has 0 radical (unpaired) electrons. The number of nitrogens with one attached hydrogen (secondary N) is 1. The minimum absolute atomic E-state index is 0.207. The second kappa shape index (κ2) is 6.29. The molecule has 3 N–H and O–H groups in total. The molecular formula is C14H14Cl2N2O2. The molecule has 0 aliphatic heterocycles. The molecule has 4 nitrogen and oxygen atoms in total. The summed E-state index contributed by atoms with van der Waals surface area (Å²) in [5, 5.41) is 3.56. The Kier molecular flexibility index (Phi) is 4.68. The average Bonchev–Trinajstić information content (AvgIpc) is 2.38. The summed E-state index contributed by atoms with van der Waals surface area (Å²) < 4.78 is 0. The van der Waals surface area contributed by atoms with Crippen molar-refractivity contribution in [2.75, 3.05) is 5.32 Å². The number of anilines is 1. The highest BCUT2D eigenvalue weighted by Crippen LogP contribution is 2.29. The van der Waals surface area contributed by atoms with E-state index < -0.39 is 5.91 Å². The van der Waals surface area contributed by atoms with Crippen LogP contribution in [-0.2, 0) is 4.79 Å². The summed E-state index contributed by atoms with van der Waals surface area (Å²) in [6.07, 6.45) is 3.39. The van der Waals surface area contributed by atoms with Crippen molar-refractivity contribution in [2.24, 2.45) is 5.73 Å². The van der Waals surface area contributed by atoms with Crippen molar-refractivity contribution in [1.29, 1.82) is 0 Å². The van der Waals surface area contributed by atoms with Crippen molar-refractivity contribution in [3.8, 4) is 0 Å². The van der Waals surface area contributed by atoms with Crippen LogP contribution in [0.2, 0.25) is 5.02 Å². The summed E-state index contributed by atoms with van der Waals surface area (Å²) in [4.78, 5) is 23.2. The first-order chi connectivity index (χ1) is 9.49. The second-order valence-corrected chi connectivity index (χ2v) is 5.47. The van der Waals surface area contributed by atoms with Gasteiger partial charge in [-0.2, -0.15) is 0 Å². The maximum atomic E-state index is 12.1. The standard InChI is InChI=1S/C14H14Cl2N2O2/c15-11-4-2-1-3-10(11)14(20)18-8-5-6-9(13(17)19)12(16)7-8/h5-7H,1-4H2,(H2,17,19)(H,18,20). The Hall–Kier alpha value is -1.52. The molecule has 1 aromatic rings. The molecule has 106 valence electrons. The number of amides is 2. The first-order valence-electron chi connectivity index (χ1n) is 6.27. The summed E-state index contributed by atoms with van der Waals surface area (Å²) in [7, 11) is 0. The normalized spacial score (nSPS) is 15.1. The number of hydrogen-bond acceptors (Lipinski definition) is 2. The molecule has 0 saturated carbocycles. The van der Waals surface area contributed by atoms with Crippen molar-refractivity contribution in [3.63, 3.8) is 0 Å². The molecule has 0 saturated heterocycles. The maximum Gasteiger partial charge on any atom is 0.252 e. The van der Waals surface area contributed by atoms with Gasteiger partial charge in [-0.3, -0.25) is 9.59 Å². The number of carbonyl (C=O) groups excluding carboxylic acids is 2. The van der Waals surface area contributed by atoms with Crippen LogP contribution < -0.4 is 11.1 Å². The third-order valence-electron chi connectivity index (χ3n) is 3.17. The lowest BCUT2D eigenvalue weighted by molar-refractivity contribution is -0.113. The summed E-state index contributed by atoms with van der Waals surface area (Å²) in [5.41, 5.74) is 6.51. The van der Waals surface area contributed by atoms with E-state index in [-0.39, 0.29) is 16.5 Å². The van der Waals surface area contributed by atoms with Gasteiger partial charge in [-0.05, 0) is 43.9 Å². The van der Waals surface area contributed by atoms with E-state index in [2.05, 4.69) is 5.32 Å².